The standard InChI is InChI=1S/C13H24Br2O2/c1-2-17-13(16)10-8-6-4-3-5-7-9-12(15)11-14/h12H,2-11H2,1H3. The molecule has 0 spiro atoms. The average molecular weight is 372 g/mol. The zero-order valence-electron chi connectivity index (χ0n) is 10.7. The highest BCUT2D eigenvalue weighted by Gasteiger charge is 2.02. The molecule has 0 aromatic carbocycles. The number of carbonyl (C=O) groups excluding carboxylic acids is 1. The Hall–Kier alpha value is 0.430. The lowest BCUT2D eigenvalue weighted by Crippen LogP contribution is -2.03. The van der Waals surface area contributed by atoms with E-state index < -0.39 is 0 Å². The van der Waals surface area contributed by atoms with Gasteiger partial charge in [-0.1, -0.05) is 64.0 Å². The van der Waals surface area contributed by atoms with Crippen molar-refractivity contribution in [1.29, 1.82) is 0 Å². The summed E-state index contributed by atoms with van der Waals surface area (Å²) >= 11 is 7.06. The van der Waals surface area contributed by atoms with Gasteiger partial charge >= 0.3 is 5.97 Å². The highest BCUT2D eigenvalue weighted by atomic mass is 79.9. The zero-order chi connectivity index (χ0) is 12.9. The zero-order valence-corrected chi connectivity index (χ0v) is 13.9. The number of esters is 1. The molecule has 0 heterocycles. The molecule has 0 saturated carbocycles. The molecule has 0 aliphatic heterocycles. The van der Waals surface area contributed by atoms with E-state index in [0.717, 1.165) is 18.2 Å². The van der Waals surface area contributed by atoms with Crippen LogP contribution in [0.25, 0.3) is 0 Å². The number of halogens is 2. The third-order valence-electron chi connectivity index (χ3n) is 2.62. The predicted octanol–water partition coefficient (Wildman–Crippen LogP) is 4.83. The Morgan fingerprint density at radius 1 is 1.12 bits per heavy atom. The maximum Gasteiger partial charge on any atom is 0.305 e. The van der Waals surface area contributed by atoms with Crippen molar-refractivity contribution >= 4 is 37.8 Å². The molecule has 0 bridgehead atoms. The molecule has 0 amide bonds. The van der Waals surface area contributed by atoms with Crippen LogP contribution in [0.15, 0.2) is 0 Å². The quantitative estimate of drug-likeness (QED) is 0.295. The second-order valence-corrected chi connectivity index (χ2v) is 6.16. The van der Waals surface area contributed by atoms with Gasteiger partial charge in [-0.25, -0.2) is 0 Å². The van der Waals surface area contributed by atoms with Crippen molar-refractivity contribution in [3.05, 3.63) is 0 Å². The van der Waals surface area contributed by atoms with Crippen LogP contribution < -0.4 is 0 Å². The molecule has 0 radical (unpaired) electrons. The van der Waals surface area contributed by atoms with Crippen LogP contribution in [0.3, 0.4) is 0 Å². The first-order valence-electron chi connectivity index (χ1n) is 6.56. The fourth-order valence-electron chi connectivity index (χ4n) is 1.65. The predicted molar refractivity (Wildman–Crippen MR) is 80.1 cm³/mol. The molecule has 0 rings (SSSR count). The number of alkyl halides is 2. The van der Waals surface area contributed by atoms with Gasteiger partial charge in [0.05, 0.1) is 6.61 Å². The van der Waals surface area contributed by atoms with Crippen molar-refractivity contribution in [2.45, 2.75) is 63.1 Å². The van der Waals surface area contributed by atoms with Crippen LogP contribution in [-0.2, 0) is 9.53 Å². The summed E-state index contributed by atoms with van der Waals surface area (Å²) in [5.74, 6) is -0.0491. The Kier molecular flexibility index (Phi) is 13.2. The monoisotopic (exact) mass is 370 g/mol. The minimum absolute atomic E-state index is 0.0491. The Labute approximate surface area is 122 Å². The van der Waals surface area contributed by atoms with Crippen LogP contribution in [0.5, 0.6) is 0 Å². The van der Waals surface area contributed by atoms with Gasteiger partial charge in [0.1, 0.15) is 0 Å². The average Bonchev–Trinajstić information content (AvgIpc) is 2.32. The van der Waals surface area contributed by atoms with E-state index in [1.165, 1.54) is 32.1 Å². The second-order valence-electron chi connectivity index (χ2n) is 4.22. The largest absolute Gasteiger partial charge is 0.466 e. The van der Waals surface area contributed by atoms with Crippen molar-refractivity contribution < 1.29 is 9.53 Å². The summed E-state index contributed by atoms with van der Waals surface area (Å²) in [4.78, 5) is 11.7. The van der Waals surface area contributed by atoms with E-state index >= 15 is 0 Å². The van der Waals surface area contributed by atoms with Gasteiger partial charge in [0.15, 0.2) is 0 Å². The smallest absolute Gasteiger partial charge is 0.305 e. The molecule has 0 saturated heterocycles. The molecule has 1 atom stereocenters. The SMILES string of the molecule is CCOC(=O)CCCCCCCCC(Br)CBr. The fourth-order valence-corrected chi connectivity index (χ4v) is 2.30. The van der Waals surface area contributed by atoms with Crippen LogP contribution in [0, 0.1) is 0 Å². The van der Waals surface area contributed by atoms with Crippen molar-refractivity contribution in [3.63, 3.8) is 0 Å². The summed E-state index contributed by atoms with van der Waals surface area (Å²) in [5.41, 5.74) is 0. The van der Waals surface area contributed by atoms with E-state index in [2.05, 4.69) is 31.9 Å². The topological polar surface area (TPSA) is 26.3 Å². The highest BCUT2D eigenvalue weighted by Crippen LogP contribution is 2.15. The maximum absolute atomic E-state index is 11.1. The Balaban J connectivity index is 3.11. The molecule has 0 aromatic rings. The van der Waals surface area contributed by atoms with Gasteiger partial charge in [-0.3, -0.25) is 4.79 Å². The van der Waals surface area contributed by atoms with Crippen LogP contribution >= 0.6 is 31.9 Å². The molecular formula is C13H24Br2O2. The Morgan fingerprint density at radius 2 is 1.71 bits per heavy atom. The van der Waals surface area contributed by atoms with Gasteiger partial charge in [0.2, 0.25) is 0 Å². The van der Waals surface area contributed by atoms with Crippen molar-refractivity contribution in [2.24, 2.45) is 0 Å². The summed E-state index contributed by atoms with van der Waals surface area (Å²) < 4.78 is 4.88. The molecular weight excluding hydrogens is 348 g/mol. The molecule has 0 aliphatic rings. The molecule has 0 N–H and O–H groups in total. The van der Waals surface area contributed by atoms with E-state index in [-0.39, 0.29) is 5.97 Å². The minimum Gasteiger partial charge on any atom is -0.466 e. The first-order chi connectivity index (χ1) is 8.20. The van der Waals surface area contributed by atoms with E-state index in [0.29, 0.717) is 17.9 Å². The number of hydrogen-bond acceptors (Lipinski definition) is 2. The van der Waals surface area contributed by atoms with Gasteiger partial charge < -0.3 is 4.74 Å². The van der Waals surface area contributed by atoms with Crippen molar-refractivity contribution in [1.82, 2.24) is 0 Å². The van der Waals surface area contributed by atoms with Crippen molar-refractivity contribution in [2.75, 3.05) is 11.9 Å². The first kappa shape index (κ1) is 17.4. The van der Waals surface area contributed by atoms with Crippen LogP contribution in [0.2, 0.25) is 0 Å². The number of hydrogen-bond donors (Lipinski definition) is 0. The number of ether oxygens (including phenoxy) is 1. The van der Waals surface area contributed by atoms with Crippen LogP contribution in [0.1, 0.15) is 58.3 Å². The van der Waals surface area contributed by atoms with Gasteiger partial charge in [0.25, 0.3) is 0 Å². The number of unbranched alkanes of at least 4 members (excludes halogenated alkanes) is 5. The molecule has 17 heavy (non-hydrogen) atoms. The molecule has 4 heteroatoms. The highest BCUT2D eigenvalue weighted by molar-refractivity contribution is 9.12. The van der Waals surface area contributed by atoms with E-state index in [1.54, 1.807) is 0 Å². The van der Waals surface area contributed by atoms with Crippen LogP contribution in [0.4, 0.5) is 0 Å². The lowest BCUT2D eigenvalue weighted by atomic mass is 10.1. The van der Waals surface area contributed by atoms with E-state index in [9.17, 15) is 4.79 Å². The normalized spacial score (nSPS) is 12.4. The summed E-state index contributed by atoms with van der Waals surface area (Å²) in [7, 11) is 0. The summed E-state index contributed by atoms with van der Waals surface area (Å²) in [6.07, 6.45) is 9.06. The molecule has 2 nitrogen and oxygen atoms in total. The van der Waals surface area contributed by atoms with Gasteiger partial charge in [-0.2, -0.15) is 0 Å². The minimum atomic E-state index is -0.0491. The molecule has 0 fully saturated rings. The Morgan fingerprint density at radius 3 is 2.29 bits per heavy atom. The molecule has 0 aromatic heterocycles. The van der Waals surface area contributed by atoms with Gasteiger partial charge in [-0.05, 0) is 19.8 Å². The summed E-state index contributed by atoms with van der Waals surface area (Å²) in [5, 5.41) is 1.03. The molecule has 102 valence electrons. The Bertz CT molecular complexity index is 186. The molecule has 0 aliphatic carbocycles. The molecule has 1 unspecified atom stereocenters. The van der Waals surface area contributed by atoms with E-state index in [1.807, 2.05) is 6.92 Å². The third kappa shape index (κ3) is 12.7. The number of carbonyl (C=O) groups is 1. The summed E-state index contributed by atoms with van der Waals surface area (Å²) in [6.45, 7) is 2.35. The second kappa shape index (κ2) is 12.9. The lowest BCUT2D eigenvalue weighted by molar-refractivity contribution is -0.143. The third-order valence-corrected chi connectivity index (χ3v) is 5.05. The summed E-state index contributed by atoms with van der Waals surface area (Å²) in [6, 6.07) is 0. The fraction of sp³-hybridized carbons (Fsp3) is 0.923. The lowest BCUT2D eigenvalue weighted by Gasteiger charge is -2.05. The van der Waals surface area contributed by atoms with E-state index in [4.69, 9.17) is 4.74 Å². The van der Waals surface area contributed by atoms with Gasteiger partial charge in [-0.15, -0.1) is 0 Å². The van der Waals surface area contributed by atoms with Gasteiger partial charge in [0, 0.05) is 16.6 Å². The number of rotatable bonds is 11. The van der Waals surface area contributed by atoms with Crippen molar-refractivity contribution in [3.8, 4) is 0 Å². The maximum atomic E-state index is 11.1. The van der Waals surface area contributed by atoms with Crippen LogP contribution in [-0.4, -0.2) is 22.7 Å². The first-order valence-corrected chi connectivity index (χ1v) is 8.60.